The van der Waals surface area contributed by atoms with E-state index in [0.29, 0.717) is 12.3 Å². The van der Waals surface area contributed by atoms with Gasteiger partial charge in [-0.3, -0.25) is 0 Å². The van der Waals surface area contributed by atoms with Gasteiger partial charge in [-0.15, -0.1) is 0 Å². The third kappa shape index (κ3) is 7.34. The molecule has 0 aromatic heterocycles. The van der Waals surface area contributed by atoms with Crippen LogP contribution in [0.1, 0.15) is 31.1 Å². The van der Waals surface area contributed by atoms with Gasteiger partial charge in [-0.2, -0.15) is 0 Å². The Hall–Kier alpha value is -1.53. The zero-order valence-electron chi connectivity index (χ0n) is 16.3. The van der Waals surface area contributed by atoms with Crippen LogP contribution in [-0.2, 0) is 19.9 Å². The summed E-state index contributed by atoms with van der Waals surface area (Å²) in [4.78, 5) is 0. The molecule has 0 saturated carbocycles. The highest BCUT2D eigenvalue weighted by atomic mass is 32.3. The average Bonchev–Trinajstić information content (AvgIpc) is 2.96. The van der Waals surface area contributed by atoms with Crippen LogP contribution in [0.5, 0.6) is 5.75 Å². The van der Waals surface area contributed by atoms with Gasteiger partial charge in [0.15, 0.2) is 9.84 Å². The minimum Gasteiger partial charge on any atom is -0.508 e. The maximum Gasteiger partial charge on any atom is 0.245 e. The monoisotopic (exact) mass is 461 g/mol. The van der Waals surface area contributed by atoms with Gasteiger partial charge in [0.25, 0.3) is 0 Å². The zero-order valence-corrected chi connectivity index (χ0v) is 18.7. The Labute approximate surface area is 176 Å². The first-order valence-electron chi connectivity index (χ1n) is 9.05. The molecule has 29 heavy (non-hydrogen) atoms. The van der Waals surface area contributed by atoms with E-state index in [-0.39, 0.29) is 21.8 Å². The Morgan fingerprint density at radius 2 is 1.97 bits per heavy atom. The Morgan fingerprint density at radius 3 is 2.45 bits per heavy atom. The van der Waals surface area contributed by atoms with Crippen molar-refractivity contribution in [2.75, 3.05) is 12.3 Å². The Bertz CT molecular complexity index is 955. The van der Waals surface area contributed by atoms with Crippen molar-refractivity contribution in [1.29, 1.82) is 0 Å². The molecule has 1 fully saturated rings. The van der Waals surface area contributed by atoms with Gasteiger partial charge in [-0.05, 0) is 60.7 Å². The van der Waals surface area contributed by atoms with Crippen molar-refractivity contribution >= 4 is 31.8 Å². The van der Waals surface area contributed by atoms with Crippen LogP contribution in [0, 0.1) is 5.92 Å². The average molecular weight is 462 g/mol. The molecule has 162 valence electrons. The smallest absolute Gasteiger partial charge is 0.245 e. The lowest BCUT2D eigenvalue weighted by molar-refractivity contribution is 0.473. The van der Waals surface area contributed by atoms with Crippen molar-refractivity contribution < 1.29 is 21.9 Å². The van der Waals surface area contributed by atoms with Gasteiger partial charge in [0, 0.05) is 12.2 Å². The first-order valence-corrected chi connectivity index (χ1v) is 13.1. The Kier molecular flexibility index (Phi) is 8.18. The van der Waals surface area contributed by atoms with E-state index in [0.717, 1.165) is 24.1 Å². The highest BCUT2D eigenvalue weighted by Crippen LogP contribution is 2.35. The van der Waals surface area contributed by atoms with Gasteiger partial charge in [0.2, 0.25) is 10.0 Å². The molecule has 11 heteroatoms. The van der Waals surface area contributed by atoms with Crippen LogP contribution in [0.4, 0.5) is 0 Å². The number of hydrogen-bond donors (Lipinski definition) is 4. The predicted molar refractivity (Wildman–Crippen MR) is 117 cm³/mol. The molecule has 3 rings (SSSR count). The number of nitrogens with one attached hydrogen (secondary N) is 2. The van der Waals surface area contributed by atoms with Gasteiger partial charge >= 0.3 is 0 Å². The number of nitrogens with two attached hydrogens (primary N) is 1. The van der Waals surface area contributed by atoms with Gasteiger partial charge in [-0.25, -0.2) is 22.0 Å². The van der Waals surface area contributed by atoms with E-state index in [9.17, 15) is 21.9 Å². The molecule has 0 spiro atoms. The molecule has 2 aliphatic rings. The standard InChI is InChI=1S/C14H21NO3S.C4H6N2O2S2/c1-10(2)8-15-12-7-14(19(17,18)9-12)11-3-5-13(16)6-4-11;5-10(7,8)4-2-1-3-6-9-4/h3-6,10,12,14-16H,7-9H2,1-2H3;1-3,6H,(H2,5,7,8)/t12?,14-;/m1./s1. The number of phenols is 1. The summed E-state index contributed by atoms with van der Waals surface area (Å²) >= 11 is 0.981. The van der Waals surface area contributed by atoms with Crippen LogP contribution >= 0.6 is 11.9 Å². The Morgan fingerprint density at radius 1 is 1.31 bits per heavy atom. The number of sulfone groups is 1. The summed E-state index contributed by atoms with van der Waals surface area (Å²) in [6, 6.07) is 6.51. The summed E-state index contributed by atoms with van der Waals surface area (Å²) < 4.78 is 48.4. The van der Waals surface area contributed by atoms with Crippen molar-refractivity contribution in [3.8, 4) is 5.75 Å². The second-order valence-corrected chi connectivity index (χ2v) is 12.2. The van der Waals surface area contributed by atoms with Gasteiger partial charge in [0.05, 0.1) is 11.0 Å². The molecule has 0 bridgehead atoms. The van der Waals surface area contributed by atoms with Crippen LogP contribution in [0.25, 0.3) is 0 Å². The first-order chi connectivity index (χ1) is 13.5. The summed E-state index contributed by atoms with van der Waals surface area (Å²) in [6.07, 6.45) is 5.26. The molecule has 5 N–H and O–H groups in total. The van der Waals surface area contributed by atoms with Gasteiger partial charge in [-0.1, -0.05) is 26.0 Å². The van der Waals surface area contributed by atoms with E-state index < -0.39 is 25.1 Å². The van der Waals surface area contributed by atoms with E-state index in [1.54, 1.807) is 36.5 Å². The molecule has 8 nitrogen and oxygen atoms in total. The first kappa shape index (κ1) is 23.7. The van der Waals surface area contributed by atoms with Crippen LogP contribution in [0.15, 0.2) is 46.9 Å². The maximum atomic E-state index is 12.2. The number of sulfonamides is 1. The molecule has 1 saturated heterocycles. The molecule has 1 unspecified atom stereocenters. The van der Waals surface area contributed by atoms with Crippen LogP contribution in [0.3, 0.4) is 0 Å². The summed E-state index contributed by atoms with van der Waals surface area (Å²) in [5, 5.41) is 17.0. The van der Waals surface area contributed by atoms with Crippen molar-refractivity contribution in [2.45, 2.75) is 31.6 Å². The number of aromatic hydroxyl groups is 1. The summed E-state index contributed by atoms with van der Waals surface area (Å²) in [5.41, 5.74) is 0.770. The Balaban J connectivity index is 0.000000253. The second-order valence-electron chi connectivity index (χ2n) is 7.25. The lowest BCUT2D eigenvalue weighted by Gasteiger charge is -2.13. The molecule has 1 aromatic carbocycles. The second kappa shape index (κ2) is 9.98. The van der Waals surface area contributed by atoms with Crippen molar-refractivity contribution in [3.63, 3.8) is 0 Å². The van der Waals surface area contributed by atoms with Crippen LogP contribution in [0.2, 0.25) is 0 Å². The molecule has 2 heterocycles. The quantitative estimate of drug-likeness (QED) is 0.487. The molecular weight excluding hydrogens is 434 g/mol. The molecule has 0 aliphatic carbocycles. The van der Waals surface area contributed by atoms with Crippen LogP contribution in [-0.4, -0.2) is 40.3 Å². The number of phenolic OH excluding ortho intramolecular Hbond substituents is 1. The van der Waals surface area contributed by atoms with E-state index in [4.69, 9.17) is 5.14 Å². The normalized spacial score (nSPS) is 23.1. The number of allylic oxidation sites excluding steroid dienone is 2. The molecular formula is C18H27N3O5S3. The topological polar surface area (TPSA) is 139 Å². The molecule has 1 aromatic rings. The fraction of sp³-hybridized carbons (Fsp3) is 0.444. The number of hydrogen-bond acceptors (Lipinski definition) is 8. The summed E-state index contributed by atoms with van der Waals surface area (Å²) in [7, 11) is -6.61. The SMILES string of the molecule is CC(C)CNC1C[C@H](c2ccc(O)cc2)S(=O)(=O)C1.NS(=O)(=O)C1=CC=CNS1. The highest BCUT2D eigenvalue weighted by Gasteiger charge is 2.38. The fourth-order valence-corrected chi connectivity index (χ4v) is 6.32. The van der Waals surface area contributed by atoms with E-state index >= 15 is 0 Å². The lowest BCUT2D eigenvalue weighted by Crippen LogP contribution is -2.32. The zero-order chi connectivity index (χ0) is 21.7. The largest absolute Gasteiger partial charge is 0.508 e. The molecule has 0 amide bonds. The minimum absolute atomic E-state index is 0.0335. The number of rotatable bonds is 5. The summed E-state index contributed by atoms with van der Waals surface area (Å²) in [6.45, 7) is 5.05. The van der Waals surface area contributed by atoms with Gasteiger partial charge < -0.3 is 15.1 Å². The minimum atomic E-state index is -3.52. The van der Waals surface area contributed by atoms with Crippen molar-refractivity contribution in [2.24, 2.45) is 11.1 Å². The number of primary sulfonamides is 1. The summed E-state index contributed by atoms with van der Waals surface area (Å²) in [5.74, 6) is 0.870. The van der Waals surface area contributed by atoms with E-state index in [1.165, 1.54) is 6.08 Å². The number of benzene rings is 1. The third-order valence-corrected chi connectivity index (χ3v) is 8.72. The molecule has 2 aliphatic heterocycles. The van der Waals surface area contributed by atoms with E-state index in [1.807, 2.05) is 0 Å². The van der Waals surface area contributed by atoms with Gasteiger partial charge in [0.1, 0.15) is 9.99 Å². The third-order valence-electron chi connectivity index (χ3n) is 4.28. The van der Waals surface area contributed by atoms with Crippen molar-refractivity contribution in [1.82, 2.24) is 10.0 Å². The predicted octanol–water partition coefficient (Wildman–Crippen LogP) is 1.75. The molecule has 0 radical (unpaired) electrons. The van der Waals surface area contributed by atoms with Crippen molar-refractivity contribution in [3.05, 3.63) is 52.4 Å². The highest BCUT2D eigenvalue weighted by molar-refractivity contribution is 8.17. The maximum absolute atomic E-state index is 12.2. The van der Waals surface area contributed by atoms with Crippen LogP contribution < -0.4 is 15.2 Å². The molecule has 2 atom stereocenters. The lowest BCUT2D eigenvalue weighted by atomic mass is 10.1. The fourth-order valence-electron chi connectivity index (χ4n) is 2.89. The van der Waals surface area contributed by atoms with E-state index in [2.05, 4.69) is 23.9 Å².